The average molecular weight is 313 g/mol. The van der Waals surface area contributed by atoms with Crippen LogP contribution in [0.5, 0.6) is 0 Å². The molecule has 0 heterocycles. The van der Waals surface area contributed by atoms with Crippen LogP contribution in [0.4, 0.5) is 4.39 Å². The largest absolute Gasteiger partial charge is 0.299 e. The fraction of sp³-hybridized carbons (Fsp3) is 0.533. The molecule has 1 aliphatic carbocycles. The lowest BCUT2D eigenvalue weighted by atomic mass is 9.77. The van der Waals surface area contributed by atoms with E-state index in [0.29, 0.717) is 10.0 Å². The zero-order chi connectivity index (χ0) is 13.2. The summed E-state index contributed by atoms with van der Waals surface area (Å²) < 4.78 is 14.5. The van der Waals surface area contributed by atoms with Crippen LogP contribution in [0.15, 0.2) is 22.7 Å². The van der Waals surface area contributed by atoms with Gasteiger partial charge >= 0.3 is 0 Å². The van der Waals surface area contributed by atoms with Gasteiger partial charge in [-0.15, -0.1) is 0 Å². The highest BCUT2D eigenvalue weighted by Crippen LogP contribution is 2.42. The van der Waals surface area contributed by atoms with Crippen molar-refractivity contribution in [2.24, 2.45) is 5.41 Å². The zero-order valence-corrected chi connectivity index (χ0v) is 12.2. The third-order valence-corrected chi connectivity index (χ3v) is 4.69. The van der Waals surface area contributed by atoms with Gasteiger partial charge in [-0.3, -0.25) is 4.79 Å². The lowest BCUT2D eigenvalue weighted by Crippen LogP contribution is -2.29. The van der Waals surface area contributed by atoms with Crippen molar-refractivity contribution < 1.29 is 9.18 Å². The highest BCUT2D eigenvalue weighted by Gasteiger charge is 2.38. The summed E-state index contributed by atoms with van der Waals surface area (Å²) in [6.45, 7) is 2.07. The van der Waals surface area contributed by atoms with Crippen molar-refractivity contribution in [3.63, 3.8) is 0 Å². The Hall–Kier alpha value is -0.700. The Morgan fingerprint density at radius 1 is 1.39 bits per heavy atom. The number of rotatable bonds is 4. The molecule has 0 unspecified atom stereocenters. The molecule has 0 bridgehead atoms. The minimum absolute atomic E-state index is 0.181. The number of halogens is 2. The Kier molecular flexibility index (Phi) is 4.21. The molecule has 0 radical (unpaired) electrons. The normalized spacial score (nSPS) is 17.9. The van der Waals surface area contributed by atoms with Crippen LogP contribution < -0.4 is 0 Å². The molecule has 0 saturated heterocycles. The number of carbonyl (C=O) groups excluding carboxylic acids is 1. The summed E-state index contributed by atoms with van der Waals surface area (Å²) in [4.78, 5) is 12.4. The SMILES string of the molecule is CCC1(C(=O)Cc2ccc(Br)cc2F)CCCC1. The topological polar surface area (TPSA) is 17.1 Å². The van der Waals surface area contributed by atoms with Crippen LogP contribution in [-0.2, 0) is 11.2 Å². The van der Waals surface area contributed by atoms with E-state index >= 15 is 0 Å². The molecule has 3 heteroatoms. The van der Waals surface area contributed by atoms with Crippen molar-refractivity contribution in [2.75, 3.05) is 0 Å². The molecule has 0 N–H and O–H groups in total. The fourth-order valence-electron chi connectivity index (χ4n) is 2.91. The molecule has 0 aliphatic heterocycles. The van der Waals surface area contributed by atoms with E-state index in [1.807, 2.05) is 0 Å². The maximum Gasteiger partial charge on any atom is 0.143 e. The zero-order valence-electron chi connectivity index (χ0n) is 10.6. The standard InChI is InChI=1S/C15H18BrFO/c1-2-15(7-3-4-8-15)14(18)9-11-5-6-12(16)10-13(11)17/h5-6,10H,2-4,7-9H2,1H3. The molecule has 1 saturated carbocycles. The van der Waals surface area contributed by atoms with E-state index in [9.17, 15) is 9.18 Å². The van der Waals surface area contributed by atoms with Crippen molar-refractivity contribution in [1.82, 2.24) is 0 Å². The van der Waals surface area contributed by atoms with Crippen LogP contribution in [0, 0.1) is 11.2 Å². The van der Waals surface area contributed by atoms with Crippen molar-refractivity contribution in [3.05, 3.63) is 34.1 Å². The lowest BCUT2D eigenvalue weighted by molar-refractivity contribution is -0.128. The smallest absolute Gasteiger partial charge is 0.143 e. The van der Waals surface area contributed by atoms with Gasteiger partial charge in [0.1, 0.15) is 11.6 Å². The molecule has 0 atom stereocenters. The first-order valence-corrected chi connectivity index (χ1v) is 7.34. The van der Waals surface area contributed by atoms with Crippen LogP contribution in [0.1, 0.15) is 44.6 Å². The molecule has 98 valence electrons. The number of Topliss-reactive ketones (excluding diaryl/α,β-unsaturated/α-hetero) is 1. The van der Waals surface area contributed by atoms with Crippen LogP contribution in [0.25, 0.3) is 0 Å². The van der Waals surface area contributed by atoms with Crippen LogP contribution in [0.2, 0.25) is 0 Å². The van der Waals surface area contributed by atoms with Gasteiger partial charge in [0.25, 0.3) is 0 Å². The van der Waals surface area contributed by atoms with Crippen molar-refractivity contribution >= 4 is 21.7 Å². The van der Waals surface area contributed by atoms with Gasteiger partial charge in [0.15, 0.2) is 0 Å². The second kappa shape index (κ2) is 5.52. The molecule has 1 aromatic rings. The van der Waals surface area contributed by atoms with E-state index in [1.54, 1.807) is 12.1 Å². The Labute approximate surface area is 116 Å². The first-order valence-electron chi connectivity index (χ1n) is 6.54. The first kappa shape index (κ1) is 13.7. The Bertz CT molecular complexity index is 450. The predicted molar refractivity (Wildman–Crippen MR) is 74.0 cm³/mol. The van der Waals surface area contributed by atoms with E-state index in [-0.39, 0.29) is 23.4 Å². The van der Waals surface area contributed by atoms with E-state index in [2.05, 4.69) is 22.9 Å². The van der Waals surface area contributed by atoms with Crippen molar-refractivity contribution in [1.29, 1.82) is 0 Å². The third kappa shape index (κ3) is 2.66. The van der Waals surface area contributed by atoms with Crippen LogP contribution >= 0.6 is 15.9 Å². The summed E-state index contributed by atoms with van der Waals surface area (Å²) in [6, 6.07) is 4.92. The second-order valence-electron chi connectivity index (χ2n) is 5.18. The lowest BCUT2D eigenvalue weighted by Gasteiger charge is -2.25. The van der Waals surface area contributed by atoms with Crippen LogP contribution in [-0.4, -0.2) is 5.78 Å². The van der Waals surface area contributed by atoms with Gasteiger partial charge in [0.05, 0.1) is 0 Å². The molecule has 0 amide bonds. The Balaban J connectivity index is 2.15. The molecular weight excluding hydrogens is 295 g/mol. The highest BCUT2D eigenvalue weighted by atomic mass is 79.9. The minimum Gasteiger partial charge on any atom is -0.299 e. The molecule has 18 heavy (non-hydrogen) atoms. The third-order valence-electron chi connectivity index (χ3n) is 4.20. The number of ketones is 1. The highest BCUT2D eigenvalue weighted by molar-refractivity contribution is 9.10. The predicted octanol–water partition coefficient (Wildman–Crippen LogP) is 4.67. The van der Waals surface area contributed by atoms with Crippen LogP contribution in [0.3, 0.4) is 0 Å². The molecule has 1 aromatic carbocycles. The van der Waals surface area contributed by atoms with E-state index in [1.165, 1.54) is 6.07 Å². The minimum atomic E-state index is -0.290. The van der Waals surface area contributed by atoms with Crippen molar-refractivity contribution in [3.8, 4) is 0 Å². The van der Waals surface area contributed by atoms with Gasteiger partial charge in [0, 0.05) is 16.3 Å². The van der Waals surface area contributed by atoms with Gasteiger partial charge in [-0.1, -0.05) is 41.8 Å². The van der Waals surface area contributed by atoms with Gasteiger partial charge in [-0.05, 0) is 37.0 Å². The molecule has 1 fully saturated rings. The van der Waals surface area contributed by atoms with E-state index < -0.39 is 0 Å². The maximum absolute atomic E-state index is 13.7. The summed E-state index contributed by atoms with van der Waals surface area (Å²) in [5.41, 5.74) is 0.336. The van der Waals surface area contributed by atoms with Gasteiger partial charge in [0.2, 0.25) is 0 Å². The quantitative estimate of drug-likeness (QED) is 0.789. The summed E-state index contributed by atoms with van der Waals surface area (Å²) >= 11 is 3.23. The van der Waals surface area contributed by atoms with Gasteiger partial charge in [-0.25, -0.2) is 4.39 Å². The van der Waals surface area contributed by atoms with Crippen molar-refractivity contribution in [2.45, 2.75) is 45.4 Å². The summed E-state index contributed by atoms with van der Waals surface area (Å²) in [5.74, 6) is -0.0781. The number of benzene rings is 1. The van der Waals surface area contributed by atoms with E-state index in [4.69, 9.17) is 0 Å². The summed E-state index contributed by atoms with van der Waals surface area (Å²) in [6.07, 6.45) is 5.31. The number of carbonyl (C=O) groups is 1. The molecule has 0 spiro atoms. The molecule has 0 aromatic heterocycles. The molecule has 2 rings (SSSR count). The Morgan fingerprint density at radius 3 is 2.61 bits per heavy atom. The summed E-state index contributed by atoms with van der Waals surface area (Å²) in [7, 11) is 0. The molecule has 1 nitrogen and oxygen atoms in total. The molecule has 1 aliphatic rings. The number of hydrogen-bond acceptors (Lipinski definition) is 1. The Morgan fingerprint density at radius 2 is 2.06 bits per heavy atom. The van der Waals surface area contributed by atoms with Gasteiger partial charge < -0.3 is 0 Å². The average Bonchev–Trinajstić information content (AvgIpc) is 2.82. The maximum atomic E-state index is 13.7. The van der Waals surface area contributed by atoms with E-state index in [0.717, 1.165) is 32.1 Å². The summed E-state index contributed by atoms with van der Waals surface area (Å²) in [5, 5.41) is 0. The van der Waals surface area contributed by atoms with Gasteiger partial charge in [-0.2, -0.15) is 0 Å². The fourth-order valence-corrected chi connectivity index (χ4v) is 3.24. The molecular formula is C15H18BrFO. The first-order chi connectivity index (χ1) is 8.57. The number of hydrogen-bond donors (Lipinski definition) is 0. The monoisotopic (exact) mass is 312 g/mol. The second-order valence-corrected chi connectivity index (χ2v) is 6.09.